The fraction of sp³-hybridized carbons (Fsp3) is 0.875. The van der Waals surface area contributed by atoms with Gasteiger partial charge in [-0.2, -0.15) is 4.98 Å². The Hall–Kier alpha value is -0.940. The Balaban J connectivity index is 1.72. The summed E-state index contributed by atoms with van der Waals surface area (Å²) < 4.78 is 5.28. The first-order valence-corrected chi connectivity index (χ1v) is 8.08. The van der Waals surface area contributed by atoms with Gasteiger partial charge < -0.3 is 15.4 Å². The van der Waals surface area contributed by atoms with E-state index in [1.807, 2.05) is 0 Å². The van der Waals surface area contributed by atoms with Crippen molar-refractivity contribution in [2.24, 2.45) is 22.5 Å². The van der Waals surface area contributed by atoms with Crippen molar-refractivity contribution in [3.8, 4) is 0 Å². The molecule has 1 aromatic heterocycles. The summed E-state index contributed by atoms with van der Waals surface area (Å²) >= 11 is 0. The largest absolute Gasteiger partial charge is 0.382 e. The van der Waals surface area contributed by atoms with Crippen molar-refractivity contribution in [2.75, 3.05) is 6.54 Å². The minimum absolute atomic E-state index is 0.0545. The van der Waals surface area contributed by atoms with E-state index in [2.05, 4.69) is 24.0 Å². The molecule has 5 rings (SSSR count). The van der Waals surface area contributed by atoms with Crippen molar-refractivity contribution in [1.82, 2.24) is 10.1 Å². The highest BCUT2D eigenvalue weighted by molar-refractivity contribution is 5.21. The number of hydrogen-bond acceptors (Lipinski definition) is 5. The summed E-state index contributed by atoms with van der Waals surface area (Å²) in [5, 5.41) is 14.0. The zero-order valence-electron chi connectivity index (χ0n) is 12.9. The Labute approximate surface area is 125 Å². The lowest BCUT2D eigenvalue weighted by Gasteiger charge is -2.64. The Morgan fingerprint density at radius 1 is 1.24 bits per heavy atom. The van der Waals surface area contributed by atoms with Gasteiger partial charge >= 0.3 is 0 Å². The summed E-state index contributed by atoms with van der Waals surface area (Å²) in [6, 6.07) is 0. The van der Waals surface area contributed by atoms with Gasteiger partial charge in [-0.15, -0.1) is 0 Å². The average molecular weight is 291 g/mol. The highest BCUT2D eigenvalue weighted by atomic mass is 16.5. The second kappa shape index (κ2) is 4.07. The van der Waals surface area contributed by atoms with Crippen LogP contribution in [0.5, 0.6) is 0 Å². The SMILES string of the molecule is CC12CC3CC(C)(C1)CC(c1noc([C@@H](O)CN)n1)(C3)C2. The number of nitrogens with zero attached hydrogens (tertiary/aromatic N) is 2. The second-order valence-corrected chi connectivity index (χ2v) is 8.62. The van der Waals surface area contributed by atoms with E-state index in [9.17, 15) is 5.11 Å². The van der Waals surface area contributed by atoms with Gasteiger partial charge in [0.25, 0.3) is 5.89 Å². The molecule has 1 heterocycles. The first kappa shape index (κ1) is 13.7. The molecule has 4 fully saturated rings. The summed E-state index contributed by atoms with van der Waals surface area (Å²) in [4.78, 5) is 4.53. The first-order valence-electron chi connectivity index (χ1n) is 8.08. The quantitative estimate of drug-likeness (QED) is 0.892. The van der Waals surface area contributed by atoms with Gasteiger partial charge in [-0.3, -0.25) is 0 Å². The van der Waals surface area contributed by atoms with Crippen molar-refractivity contribution < 1.29 is 9.63 Å². The molecular weight excluding hydrogens is 266 g/mol. The van der Waals surface area contributed by atoms with Crippen LogP contribution in [0.2, 0.25) is 0 Å². The molecule has 116 valence electrons. The van der Waals surface area contributed by atoms with Crippen LogP contribution in [0.15, 0.2) is 4.52 Å². The van der Waals surface area contributed by atoms with E-state index < -0.39 is 6.10 Å². The molecule has 4 saturated carbocycles. The van der Waals surface area contributed by atoms with Crippen molar-refractivity contribution in [1.29, 1.82) is 0 Å². The Morgan fingerprint density at radius 2 is 1.90 bits per heavy atom. The van der Waals surface area contributed by atoms with E-state index in [1.165, 1.54) is 25.7 Å². The van der Waals surface area contributed by atoms with E-state index in [1.54, 1.807) is 0 Å². The molecule has 0 amide bonds. The minimum Gasteiger partial charge on any atom is -0.382 e. The number of aromatic nitrogens is 2. The van der Waals surface area contributed by atoms with Crippen LogP contribution >= 0.6 is 0 Å². The molecule has 5 heteroatoms. The van der Waals surface area contributed by atoms with Crippen LogP contribution in [0.3, 0.4) is 0 Å². The molecule has 4 bridgehead atoms. The predicted molar refractivity (Wildman–Crippen MR) is 77.4 cm³/mol. The van der Waals surface area contributed by atoms with Crippen LogP contribution in [0, 0.1) is 16.7 Å². The second-order valence-electron chi connectivity index (χ2n) is 8.62. The minimum atomic E-state index is -0.841. The Bertz CT molecular complexity index is 552. The van der Waals surface area contributed by atoms with E-state index in [4.69, 9.17) is 10.3 Å². The van der Waals surface area contributed by atoms with Gasteiger partial charge in [-0.1, -0.05) is 19.0 Å². The fourth-order valence-electron chi connectivity index (χ4n) is 6.38. The van der Waals surface area contributed by atoms with E-state index in [-0.39, 0.29) is 17.9 Å². The fourth-order valence-corrected chi connectivity index (χ4v) is 6.38. The maximum atomic E-state index is 9.80. The normalized spacial score (nSPS) is 46.0. The van der Waals surface area contributed by atoms with Crippen LogP contribution in [-0.2, 0) is 5.41 Å². The summed E-state index contributed by atoms with van der Waals surface area (Å²) in [6.07, 6.45) is 6.67. The summed E-state index contributed by atoms with van der Waals surface area (Å²) in [5.41, 5.74) is 6.37. The smallest absolute Gasteiger partial charge is 0.256 e. The van der Waals surface area contributed by atoms with Gasteiger partial charge in [0.1, 0.15) is 6.10 Å². The molecule has 2 unspecified atom stereocenters. The van der Waals surface area contributed by atoms with E-state index in [0.29, 0.717) is 10.8 Å². The van der Waals surface area contributed by atoms with Crippen LogP contribution in [-0.4, -0.2) is 21.8 Å². The van der Waals surface area contributed by atoms with Gasteiger partial charge in [-0.25, -0.2) is 0 Å². The third-order valence-electron chi connectivity index (χ3n) is 6.05. The summed E-state index contributed by atoms with van der Waals surface area (Å²) in [5.74, 6) is 1.88. The number of aliphatic hydroxyl groups is 1. The van der Waals surface area contributed by atoms with Crippen LogP contribution in [0.1, 0.15) is 70.2 Å². The molecule has 0 spiro atoms. The maximum Gasteiger partial charge on any atom is 0.256 e. The zero-order valence-corrected chi connectivity index (χ0v) is 12.9. The third-order valence-corrected chi connectivity index (χ3v) is 6.05. The Kier molecular flexibility index (Phi) is 2.66. The zero-order chi connectivity index (χ0) is 14.9. The van der Waals surface area contributed by atoms with Crippen LogP contribution in [0.25, 0.3) is 0 Å². The number of aliphatic hydroxyl groups excluding tert-OH is 1. The molecule has 21 heavy (non-hydrogen) atoms. The van der Waals surface area contributed by atoms with Gasteiger partial charge in [0.2, 0.25) is 0 Å². The molecule has 3 atom stereocenters. The predicted octanol–water partition coefficient (Wildman–Crippen LogP) is 2.31. The van der Waals surface area contributed by atoms with Gasteiger partial charge in [0.05, 0.1) is 0 Å². The lowest BCUT2D eigenvalue weighted by molar-refractivity contribution is -0.113. The van der Waals surface area contributed by atoms with Crippen molar-refractivity contribution in [3.63, 3.8) is 0 Å². The molecule has 4 aliphatic carbocycles. The van der Waals surface area contributed by atoms with Crippen molar-refractivity contribution in [2.45, 2.75) is 63.9 Å². The molecule has 0 aromatic carbocycles. The molecule has 0 saturated heterocycles. The lowest BCUT2D eigenvalue weighted by atomic mass is 9.40. The van der Waals surface area contributed by atoms with Crippen molar-refractivity contribution in [3.05, 3.63) is 11.7 Å². The third kappa shape index (κ3) is 1.97. The molecule has 0 radical (unpaired) electrons. The standard InChI is InChI=1S/C16H25N3O2/c1-14-3-10-4-15(2,7-14)9-16(5-10,8-14)13-18-12(21-19-13)11(20)6-17/h10-11,20H,3-9,17H2,1-2H3/t10?,11-,14?,15?,16?/m0/s1. The molecule has 4 aliphatic rings. The average Bonchev–Trinajstić information content (AvgIpc) is 2.83. The van der Waals surface area contributed by atoms with Gasteiger partial charge in [0, 0.05) is 12.0 Å². The number of rotatable bonds is 3. The molecular formula is C16H25N3O2. The molecule has 1 aromatic rings. The topological polar surface area (TPSA) is 85.2 Å². The van der Waals surface area contributed by atoms with Crippen molar-refractivity contribution >= 4 is 0 Å². The highest BCUT2D eigenvalue weighted by Gasteiger charge is 2.62. The Morgan fingerprint density at radius 3 is 2.48 bits per heavy atom. The summed E-state index contributed by atoms with van der Waals surface area (Å²) in [7, 11) is 0. The van der Waals surface area contributed by atoms with E-state index >= 15 is 0 Å². The van der Waals surface area contributed by atoms with Gasteiger partial charge in [0.15, 0.2) is 5.82 Å². The molecule has 5 nitrogen and oxygen atoms in total. The van der Waals surface area contributed by atoms with E-state index in [0.717, 1.165) is 24.6 Å². The first-order chi connectivity index (χ1) is 9.85. The number of hydrogen-bond donors (Lipinski definition) is 2. The van der Waals surface area contributed by atoms with Gasteiger partial charge in [-0.05, 0) is 55.3 Å². The summed E-state index contributed by atoms with van der Waals surface area (Å²) in [6.45, 7) is 4.98. The highest BCUT2D eigenvalue weighted by Crippen LogP contribution is 2.69. The molecule has 0 aliphatic heterocycles. The van der Waals surface area contributed by atoms with Crippen LogP contribution < -0.4 is 5.73 Å². The lowest BCUT2D eigenvalue weighted by Crippen LogP contribution is -2.57. The maximum absolute atomic E-state index is 9.80. The molecule has 3 N–H and O–H groups in total. The number of nitrogens with two attached hydrogens (primary N) is 1. The monoisotopic (exact) mass is 291 g/mol. The van der Waals surface area contributed by atoms with Crippen LogP contribution in [0.4, 0.5) is 0 Å².